The van der Waals surface area contributed by atoms with Crippen molar-refractivity contribution in [3.63, 3.8) is 0 Å². The van der Waals surface area contributed by atoms with E-state index in [2.05, 4.69) is 106 Å². The van der Waals surface area contributed by atoms with Gasteiger partial charge in [0, 0.05) is 34.8 Å². The second-order valence-corrected chi connectivity index (χ2v) is 8.11. The first-order valence-corrected chi connectivity index (χ1v) is 10.9. The molecule has 2 aromatic heterocycles. The van der Waals surface area contributed by atoms with Gasteiger partial charge >= 0.3 is 0 Å². The molecule has 0 saturated carbocycles. The fraction of sp³-hybridized carbons (Fsp3) is 0.0345. The van der Waals surface area contributed by atoms with Crippen LogP contribution in [0.4, 0.5) is 5.82 Å². The monoisotopic (exact) mass is 413 g/mol. The standard InChI is InChI=1S/C29H23N3/c30-29-22(18-19-31(29)23-11-3-1-4-12-23)20-21-10-9-16-26-25-15-7-8-17-27(25)32(28(21)26)24-13-5-2-6-14-24/h1-19H,20,30H2. The summed E-state index contributed by atoms with van der Waals surface area (Å²) in [5, 5.41) is 2.53. The smallest absolute Gasteiger partial charge is 0.111 e. The number of benzene rings is 4. The lowest BCUT2D eigenvalue weighted by Gasteiger charge is -2.12. The number of nitrogen functional groups attached to an aromatic ring is 1. The van der Waals surface area contributed by atoms with Gasteiger partial charge in [0.05, 0.1) is 11.0 Å². The van der Waals surface area contributed by atoms with Crippen molar-refractivity contribution in [3.8, 4) is 11.4 Å². The van der Waals surface area contributed by atoms with E-state index in [0.717, 1.165) is 23.5 Å². The van der Waals surface area contributed by atoms with Crippen molar-refractivity contribution in [3.05, 3.63) is 127 Å². The minimum absolute atomic E-state index is 0.770. The highest BCUT2D eigenvalue weighted by molar-refractivity contribution is 6.10. The number of rotatable bonds is 4. The molecular formula is C29H23N3. The van der Waals surface area contributed by atoms with Crippen molar-refractivity contribution in [1.29, 1.82) is 0 Å². The summed E-state index contributed by atoms with van der Waals surface area (Å²) in [6.07, 6.45) is 2.83. The quantitative estimate of drug-likeness (QED) is 0.341. The largest absolute Gasteiger partial charge is 0.385 e. The van der Waals surface area contributed by atoms with Crippen molar-refractivity contribution in [2.24, 2.45) is 0 Å². The zero-order valence-electron chi connectivity index (χ0n) is 17.6. The summed E-state index contributed by atoms with van der Waals surface area (Å²) < 4.78 is 4.44. The zero-order chi connectivity index (χ0) is 21.5. The van der Waals surface area contributed by atoms with Crippen molar-refractivity contribution in [1.82, 2.24) is 9.13 Å². The van der Waals surface area contributed by atoms with Gasteiger partial charge < -0.3 is 14.9 Å². The van der Waals surface area contributed by atoms with Crippen LogP contribution >= 0.6 is 0 Å². The van der Waals surface area contributed by atoms with E-state index in [9.17, 15) is 0 Å². The zero-order valence-corrected chi connectivity index (χ0v) is 17.6. The fourth-order valence-corrected chi connectivity index (χ4v) is 4.73. The van der Waals surface area contributed by atoms with Gasteiger partial charge in [0.1, 0.15) is 5.82 Å². The van der Waals surface area contributed by atoms with Gasteiger partial charge in [-0.25, -0.2) is 0 Å². The molecule has 0 spiro atoms. The lowest BCUT2D eigenvalue weighted by atomic mass is 10.0. The van der Waals surface area contributed by atoms with Crippen LogP contribution in [0.5, 0.6) is 0 Å². The maximum atomic E-state index is 6.61. The molecule has 6 aromatic rings. The number of hydrogen-bond donors (Lipinski definition) is 1. The van der Waals surface area contributed by atoms with E-state index < -0.39 is 0 Å². The molecule has 0 unspecified atom stereocenters. The van der Waals surface area contributed by atoms with Crippen LogP contribution in [0.3, 0.4) is 0 Å². The normalized spacial score (nSPS) is 11.4. The highest BCUT2D eigenvalue weighted by Crippen LogP contribution is 2.35. The number of nitrogens with zero attached hydrogens (tertiary/aromatic N) is 2. The second-order valence-electron chi connectivity index (χ2n) is 8.11. The third-order valence-corrected chi connectivity index (χ3v) is 6.22. The Morgan fingerprint density at radius 2 is 1.22 bits per heavy atom. The van der Waals surface area contributed by atoms with Crippen LogP contribution in [0.2, 0.25) is 0 Å². The molecule has 0 amide bonds. The number of anilines is 1. The first-order chi connectivity index (χ1) is 15.8. The number of fused-ring (bicyclic) bond motifs is 3. The van der Waals surface area contributed by atoms with Gasteiger partial charge in [0.2, 0.25) is 0 Å². The first kappa shape index (κ1) is 18.5. The van der Waals surface area contributed by atoms with Gasteiger partial charge in [-0.3, -0.25) is 0 Å². The highest BCUT2D eigenvalue weighted by atomic mass is 15.0. The Bertz CT molecular complexity index is 1540. The Balaban J connectivity index is 1.55. The molecule has 0 radical (unpaired) electrons. The predicted octanol–water partition coefficient (Wildman–Crippen LogP) is 6.75. The van der Waals surface area contributed by atoms with E-state index in [4.69, 9.17) is 5.73 Å². The van der Waals surface area contributed by atoms with E-state index in [0.29, 0.717) is 0 Å². The maximum absolute atomic E-state index is 6.61. The molecular weight excluding hydrogens is 390 g/mol. The molecule has 0 aliphatic carbocycles. The van der Waals surface area contributed by atoms with Crippen molar-refractivity contribution < 1.29 is 0 Å². The SMILES string of the molecule is Nc1c(Cc2cccc3c4ccccc4n(-c4ccccc4)c23)ccn1-c1ccccc1. The van der Waals surface area contributed by atoms with Gasteiger partial charge in [-0.15, -0.1) is 0 Å². The summed E-state index contributed by atoms with van der Waals surface area (Å²) in [4.78, 5) is 0. The number of aromatic nitrogens is 2. The van der Waals surface area contributed by atoms with Gasteiger partial charge in [0.25, 0.3) is 0 Å². The molecule has 2 heterocycles. The van der Waals surface area contributed by atoms with Crippen LogP contribution < -0.4 is 5.73 Å². The van der Waals surface area contributed by atoms with Gasteiger partial charge in [-0.05, 0) is 47.5 Å². The molecule has 3 heteroatoms. The van der Waals surface area contributed by atoms with Crippen molar-refractivity contribution >= 4 is 27.6 Å². The van der Waals surface area contributed by atoms with Crippen LogP contribution in [-0.2, 0) is 6.42 Å². The van der Waals surface area contributed by atoms with Crippen molar-refractivity contribution in [2.75, 3.05) is 5.73 Å². The second kappa shape index (κ2) is 7.47. The average Bonchev–Trinajstić information content (AvgIpc) is 3.39. The summed E-state index contributed by atoms with van der Waals surface area (Å²) >= 11 is 0. The molecule has 3 nitrogen and oxygen atoms in total. The minimum atomic E-state index is 0.770. The molecule has 0 bridgehead atoms. The minimum Gasteiger partial charge on any atom is -0.385 e. The molecule has 32 heavy (non-hydrogen) atoms. The van der Waals surface area contributed by atoms with Gasteiger partial charge in [0.15, 0.2) is 0 Å². The summed E-state index contributed by atoms with van der Waals surface area (Å²) in [7, 11) is 0. The molecule has 0 atom stereocenters. The highest BCUT2D eigenvalue weighted by Gasteiger charge is 2.16. The Morgan fingerprint density at radius 1 is 0.562 bits per heavy atom. The fourth-order valence-electron chi connectivity index (χ4n) is 4.73. The lowest BCUT2D eigenvalue weighted by Crippen LogP contribution is -2.02. The molecule has 2 N–H and O–H groups in total. The summed E-state index contributed by atoms with van der Waals surface area (Å²) in [5.74, 6) is 0.788. The molecule has 4 aromatic carbocycles. The van der Waals surface area contributed by atoms with Crippen molar-refractivity contribution in [2.45, 2.75) is 6.42 Å². The van der Waals surface area contributed by atoms with E-state index in [-0.39, 0.29) is 0 Å². The number of nitrogens with two attached hydrogens (primary N) is 1. The Hall–Kier alpha value is -4.24. The molecule has 6 rings (SSSR count). The maximum Gasteiger partial charge on any atom is 0.111 e. The van der Waals surface area contributed by atoms with E-state index in [1.54, 1.807) is 0 Å². The number of hydrogen-bond acceptors (Lipinski definition) is 1. The topological polar surface area (TPSA) is 35.9 Å². The summed E-state index contributed by atoms with van der Waals surface area (Å²) in [6, 6.07) is 38.2. The molecule has 0 fully saturated rings. The average molecular weight is 414 g/mol. The van der Waals surface area contributed by atoms with Gasteiger partial charge in [-0.1, -0.05) is 72.8 Å². The third-order valence-electron chi connectivity index (χ3n) is 6.22. The predicted molar refractivity (Wildman–Crippen MR) is 134 cm³/mol. The van der Waals surface area contributed by atoms with Gasteiger partial charge in [-0.2, -0.15) is 0 Å². The van der Waals surface area contributed by atoms with E-state index >= 15 is 0 Å². The van der Waals surface area contributed by atoms with Crippen LogP contribution in [0.15, 0.2) is 115 Å². The molecule has 0 saturated heterocycles. The van der Waals surface area contributed by atoms with E-state index in [1.807, 2.05) is 18.2 Å². The first-order valence-electron chi connectivity index (χ1n) is 10.9. The van der Waals surface area contributed by atoms with Crippen LogP contribution in [0, 0.1) is 0 Å². The summed E-state index contributed by atoms with van der Waals surface area (Å²) in [5.41, 5.74) is 13.7. The molecule has 0 aliphatic heterocycles. The molecule has 0 aliphatic rings. The molecule has 154 valence electrons. The number of para-hydroxylation sites is 4. The third kappa shape index (κ3) is 2.90. The Morgan fingerprint density at radius 3 is 2.00 bits per heavy atom. The van der Waals surface area contributed by atoms with Crippen LogP contribution in [0.25, 0.3) is 33.2 Å². The Kier molecular flexibility index (Phi) is 4.32. The lowest BCUT2D eigenvalue weighted by molar-refractivity contribution is 1.08. The van der Waals surface area contributed by atoms with E-state index in [1.165, 1.54) is 33.1 Å². The van der Waals surface area contributed by atoms with Crippen LogP contribution in [0.1, 0.15) is 11.1 Å². The Labute approximate surface area is 187 Å². The summed E-state index contributed by atoms with van der Waals surface area (Å²) in [6.45, 7) is 0. The van der Waals surface area contributed by atoms with Crippen LogP contribution in [-0.4, -0.2) is 9.13 Å².